The van der Waals surface area contributed by atoms with Crippen LogP contribution in [0, 0.1) is 0 Å². The number of nitrogens with zero attached hydrogens (tertiary/aromatic N) is 1. The quantitative estimate of drug-likeness (QED) is 0.298. The molecule has 0 saturated carbocycles. The maximum atomic E-state index is 11.6. The molecule has 1 aliphatic heterocycles. The number of hydrogen-bond donors (Lipinski definition) is 6. The number of aromatic amines is 1. The Labute approximate surface area is 121 Å². The minimum Gasteiger partial charge on any atom is -0.387 e. The molecule has 1 saturated heterocycles. The predicted molar refractivity (Wildman–Crippen MR) is 66.4 cm³/mol. The van der Waals surface area contributed by atoms with Crippen molar-refractivity contribution in [2.75, 3.05) is 6.61 Å². The lowest BCUT2D eigenvalue weighted by Gasteiger charge is -2.27. The number of H-pyrrole nitrogens is 1. The number of nitrogens with one attached hydrogen (secondary N) is 1. The summed E-state index contributed by atoms with van der Waals surface area (Å²) in [5.41, 5.74) is -1.89. The zero-order chi connectivity index (χ0) is 16.7. The normalized spacial score (nSPS) is 32.3. The average Bonchev–Trinajstić information content (AvgIpc) is 2.61. The molecule has 0 aliphatic carbocycles. The Balaban J connectivity index is 2.30. The van der Waals surface area contributed by atoms with E-state index >= 15 is 0 Å². The van der Waals surface area contributed by atoms with Crippen LogP contribution in [0.1, 0.15) is 0 Å². The SMILES string of the molecule is O=c1ccn([C@]2(O)O[C@H](COP(=O)(O)O)[C@@H](O)[C@H]2O)c(=O)[nH]1. The van der Waals surface area contributed by atoms with E-state index in [1.165, 1.54) is 0 Å². The zero-order valence-corrected chi connectivity index (χ0v) is 11.7. The fraction of sp³-hybridized carbons (Fsp3) is 0.556. The van der Waals surface area contributed by atoms with E-state index in [1.807, 2.05) is 4.98 Å². The van der Waals surface area contributed by atoms with E-state index in [0.717, 1.165) is 12.3 Å². The molecule has 12 nitrogen and oxygen atoms in total. The highest BCUT2D eigenvalue weighted by molar-refractivity contribution is 7.46. The molecule has 2 rings (SSSR count). The van der Waals surface area contributed by atoms with Gasteiger partial charge >= 0.3 is 13.5 Å². The molecule has 124 valence electrons. The molecule has 1 aromatic rings. The van der Waals surface area contributed by atoms with Gasteiger partial charge in [0.05, 0.1) is 6.61 Å². The summed E-state index contributed by atoms with van der Waals surface area (Å²) in [7, 11) is -4.86. The van der Waals surface area contributed by atoms with Crippen molar-refractivity contribution in [3.8, 4) is 0 Å². The van der Waals surface area contributed by atoms with E-state index in [4.69, 9.17) is 14.5 Å². The summed E-state index contributed by atoms with van der Waals surface area (Å²) < 4.78 is 20.1. The van der Waals surface area contributed by atoms with Crippen LogP contribution in [-0.4, -0.2) is 59.6 Å². The van der Waals surface area contributed by atoms with Crippen molar-refractivity contribution < 1.29 is 38.9 Å². The lowest BCUT2D eigenvalue weighted by molar-refractivity contribution is -0.290. The monoisotopic (exact) mass is 340 g/mol. The Kier molecular flexibility index (Phi) is 4.39. The summed E-state index contributed by atoms with van der Waals surface area (Å²) in [6, 6.07) is 0.862. The summed E-state index contributed by atoms with van der Waals surface area (Å²) in [5, 5.41) is 29.8. The molecule has 0 spiro atoms. The molecule has 0 radical (unpaired) electrons. The minimum atomic E-state index is -4.86. The Bertz CT molecular complexity index is 709. The zero-order valence-electron chi connectivity index (χ0n) is 10.8. The second-order valence-electron chi connectivity index (χ2n) is 4.52. The summed E-state index contributed by atoms with van der Waals surface area (Å²) >= 11 is 0. The van der Waals surface area contributed by atoms with Gasteiger partial charge in [-0.25, -0.2) is 13.9 Å². The van der Waals surface area contributed by atoms with Crippen LogP contribution >= 0.6 is 7.82 Å². The number of ether oxygens (including phenoxy) is 1. The van der Waals surface area contributed by atoms with Gasteiger partial charge in [-0.1, -0.05) is 0 Å². The Morgan fingerprint density at radius 3 is 2.59 bits per heavy atom. The molecule has 1 aliphatic rings. The third-order valence-electron chi connectivity index (χ3n) is 2.99. The molecular formula is C9H13N2O10P. The van der Waals surface area contributed by atoms with Crippen molar-refractivity contribution in [3.05, 3.63) is 33.1 Å². The maximum Gasteiger partial charge on any atom is 0.469 e. The first-order valence-electron chi connectivity index (χ1n) is 5.83. The molecule has 22 heavy (non-hydrogen) atoms. The minimum absolute atomic E-state index is 0.416. The van der Waals surface area contributed by atoms with Crippen LogP contribution in [0.2, 0.25) is 0 Å². The van der Waals surface area contributed by atoms with Crippen LogP contribution in [0.4, 0.5) is 0 Å². The summed E-state index contributed by atoms with van der Waals surface area (Å²) in [6.07, 6.45) is -4.56. The van der Waals surface area contributed by atoms with Crippen molar-refractivity contribution in [1.82, 2.24) is 9.55 Å². The molecule has 1 fully saturated rings. The summed E-state index contributed by atoms with van der Waals surface area (Å²) in [5.74, 6) is -2.75. The van der Waals surface area contributed by atoms with E-state index in [0.29, 0.717) is 4.57 Å². The molecule has 13 heteroatoms. The first kappa shape index (κ1) is 17.0. The molecule has 1 aromatic heterocycles. The highest BCUT2D eigenvalue weighted by Crippen LogP contribution is 2.39. The molecule has 0 bridgehead atoms. The second kappa shape index (κ2) is 5.68. The van der Waals surface area contributed by atoms with Gasteiger partial charge in [-0.2, -0.15) is 0 Å². The van der Waals surface area contributed by atoms with Gasteiger partial charge in [-0.15, -0.1) is 0 Å². The van der Waals surface area contributed by atoms with Crippen LogP contribution in [0.3, 0.4) is 0 Å². The Morgan fingerprint density at radius 2 is 2.05 bits per heavy atom. The molecule has 2 heterocycles. The smallest absolute Gasteiger partial charge is 0.387 e. The predicted octanol–water partition coefficient (Wildman–Crippen LogP) is -3.63. The van der Waals surface area contributed by atoms with Gasteiger partial charge in [0.25, 0.3) is 11.5 Å². The number of rotatable bonds is 4. The molecule has 6 N–H and O–H groups in total. The van der Waals surface area contributed by atoms with Gasteiger partial charge in [0.2, 0.25) is 0 Å². The van der Waals surface area contributed by atoms with E-state index < -0.39 is 49.9 Å². The third kappa shape index (κ3) is 3.19. The van der Waals surface area contributed by atoms with Crippen LogP contribution in [0.15, 0.2) is 21.9 Å². The lowest BCUT2D eigenvalue weighted by Crippen LogP contribution is -2.51. The largest absolute Gasteiger partial charge is 0.469 e. The Morgan fingerprint density at radius 1 is 1.41 bits per heavy atom. The van der Waals surface area contributed by atoms with Gasteiger partial charge in [-0.05, 0) is 0 Å². The van der Waals surface area contributed by atoms with Crippen LogP contribution in [0.5, 0.6) is 0 Å². The number of aliphatic hydroxyl groups excluding tert-OH is 2. The van der Waals surface area contributed by atoms with E-state index in [9.17, 15) is 29.5 Å². The van der Waals surface area contributed by atoms with Crippen molar-refractivity contribution in [1.29, 1.82) is 0 Å². The van der Waals surface area contributed by atoms with Crippen molar-refractivity contribution in [3.63, 3.8) is 0 Å². The van der Waals surface area contributed by atoms with Crippen LogP contribution in [-0.2, 0) is 19.7 Å². The van der Waals surface area contributed by atoms with Gasteiger partial charge < -0.3 is 29.8 Å². The van der Waals surface area contributed by atoms with E-state index in [2.05, 4.69) is 4.52 Å². The van der Waals surface area contributed by atoms with Crippen molar-refractivity contribution >= 4 is 7.82 Å². The highest BCUT2D eigenvalue weighted by atomic mass is 31.2. The fourth-order valence-electron chi connectivity index (χ4n) is 1.96. The Hall–Kier alpha value is -1.37. The number of phosphoric ester groups is 1. The number of hydrogen-bond acceptors (Lipinski definition) is 8. The van der Waals surface area contributed by atoms with Crippen molar-refractivity contribution in [2.24, 2.45) is 0 Å². The molecule has 0 amide bonds. The maximum absolute atomic E-state index is 11.6. The fourth-order valence-corrected chi connectivity index (χ4v) is 2.30. The third-order valence-corrected chi connectivity index (χ3v) is 3.48. The van der Waals surface area contributed by atoms with E-state index in [-0.39, 0.29) is 0 Å². The molecular weight excluding hydrogens is 327 g/mol. The first-order chi connectivity index (χ1) is 10.0. The molecule has 0 unspecified atom stereocenters. The first-order valence-corrected chi connectivity index (χ1v) is 7.36. The van der Waals surface area contributed by atoms with Crippen molar-refractivity contribution in [2.45, 2.75) is 24.2 Å². The highest BCUT2D eigenvalue weighted by Gasteiger charge is 2.55. The summed E-state index contributed by atoms with van der Waals surface area (Å²) in [6.45, 7) is -0.858. The van der Waals surface area contributed by atoms with Gasteiger partial charge in [-0.3, -0.25) is 14.3 Å². The van der Waals surface area contributed by atoms with E-state index in [1.54, 1.807) is 0 Å². The van der Waals surface area contributed by atoms with Crippen LogP contribution < -0.4 is 11.2 Å². The second-order valence-corrected chi connectivity index (χ2v) is 5.76. The average molecular weight is 340 g/mol. The number of phosphoric acid groups is 1. The number of aromatic nitrogens is 2. The standard InChI is InChI=1S/C9H13N2O10P/c12-5-1-2-11(8(15)10-5)9(16)7(14)6(13)4(21-9)3-20-22(17,18)19/h1-2,4,6-7,13-14,16H,3H2,(H,10,12,15)(H2,17,18,19)/t4-,6-,7-,9-/m1/s1. The van der Waals surface area contributed by atoms with Gasteiger partial charge in [0, 0.05) is 12.3 Å². The van der Waals surface area contributed by atoms with Crippen LogP contribution in [0.25, 0.3) is 0 Å². The molecule has 4 atom stereocenters. The van der Waals surface area contributed by atoms with Gasteiger partial charge in [0.1, 0.15) is 12.2 Å². The van der Waals surface area contributed by atoms with Gasteiger partial charge in [0.15, 0.2) is 6.10 Å². The lowest BCUT2D eigenvalue weighted by atomic mass is 10.1. The number of aliphatic hydroxyl groups is 3. The summed E-state index contributed by atoms with van der Waals surface area (Å²) in [4.78, 5) is 41.6. The molecule has 0 aromatic carbocycles. The topological polar surface area (TPSA) is 192 Å².